The highest BCUT2D eigenvalue weighted by atomic mass is 32.2. The lowest BCUT2D eigenvalue weighted by Gasteiger charge is -2.21. The number of carbonyl (C=O) groups is 1. The summed E-state index contributed by atoms with van der Waals surface area (Å²) < 4.78 is 27.2. The van der Waals surface area contributed by atoms with E-state index < -0.39 is 15.4 Å². The van der Waals surface area contributed by atoms with Gasteiger partial charge < -0.3 is 10.2 Å². The van der Waals surface area contributed by atoms with Crippen molar-refractivity contribution in [3.8, 4) is 0 Å². The quantitative estimate of drug-likeness (QED) is 0.630. The minimum absolute atomic E-state index is 0.143. The molecule has 1 aromatic carbocycles. The summed E-state index contributed by atoms with van der Waals surface area (Å²) in [6.45, 7) is 11.4. The number of rotatable bonds is 8. The van der Waals surface area contributed by atoms with Crippen LogP contribution in [-0.4, -0.2) is 37.6 Å². The van der Waals surface area contributed by atoms with Crippen LogP contribution < -0.4 is 14.9 Å². The highest BCUT2D eigenvalue weighted by molar-refractivity contribution is 7.91. The molecule has 10 heteroatoms. The second-order valence-electron chi connectivity index (χ2n) is 7.24. The van der Waals surface area contributed by atoms with E-state index in [0.29, 0.717) is 0 Å². The first-order valence-corrected chi connectivity index (χ1v) is 11.3. The van der Waals surface area contributed by atoms with Crippen molar-refractivity contribution in [1.82, 2.24) is 14.9 Å². The SMILES string of the molecule is CCN(CC)c1ccc(CNS(=O)(=O)c2nnc(NC(=O)C(C)(C)C)s2)cc1. The van der Waals surface area contributed by atoms with Crippen molar-refractivity contribution in [1.29, 1.82) is 0 Å². The molecule has 154 valence electrons. The van der Waals surface area contributed by atoms with Gasteiger partial charge in [-0.3, -0.25) is 4.79 Å². The Bertz CT molecular complexity index is 898. The van der Waals surface area contributed by atoms with Crippen molar-refractivity contribution < 1.29 is 13.2 Å². The maximum atomic E-state index is 12.4. The van der Waals surface area contributed by atoms with E-state index in [2.05, 4.69) is 39.0 Å². The lowest BCUT2D eigenvalue weighted by Crippen LogP contribution is -2.27. The van der Waals surface area contributed by atoms with Crippen molar-refractivity contribution in [2.24, 2.45) is 5.41 Å². The number of nitrogens with zero attached hydrogens (tertiary/aromatic N) is 3. The zero-order valence-corrected chi connectivity index (χ0v) is 18.4. The van der Waals surface area contributed by atoms with Crippen LogP contribution in [0.4, 0.5) is 10.8 Å². The Morgan fingerprint density at radius 3 is 2.25 bits per heavy atom. The van der Waals surface area contributed by atoms with E-state index in [1.54, 1.807) is 20.8 Å². The van der Waals surface area contributed by atoms with E-state index in [9.17, 15) is 13.2 Å². The molecular formula is C18H27N5O3S2. The van der Waals surface area contributed by atoms with Gasteiger partial charge in [0.1, 0.15) is 0 Å². The van der Waals surface area contributed by atoms with E-state index in [4.69, 9.17) is 0 Å². The van der Waals surface area contributed by atoms with Gasteiger partial charge in [0, 0.05) is 30.7 Å². The highest BCUT2D eigenvalue weighted by Crippen LogP contribution is 2.23. The average molecular weight is 426 g/mol. The van der Waals surface area contributed by atoms with Crippen molar-refractivity contribution in [3.63, 3.8) is 0 Å². The topological polar surface area (TPSA) is 104 Å². The van der Waals surface area contributed by atoms with Crippen LogP contribution in [0.3, 0.4) is 0 Å². The normalized spacial score (nSPS) is 12.0. The Hall–Kier alpha value is -2.04. The van der Waals surface area contributed by atoms with Crippen molar-refractivity contribution in [2.45, 2.75) is 45.5 Å². The standard InChI is InChI=1S/C18H27N5O3S2/c1-6-23(7-2)14-10-8-13(9-11-14)12-19-28(25,26)17-22-21-16(27-17)20-15(24)18(3,4)5/h8-11,19H,6-7,12H2,1-5H3,(H,20,21,24). The predicted octanol–water partition coefficient (Wildman–Crippen LogP) is 2.85. The van der Waals surface area contributed by atoms with Crippen LogP contribution in [0.15, 0.2) is 28.6 Å². The Morgan fingerprint density at radius 1 is 1.11 bits per heavy atom. The van der Waals surface area contributed by atoms with Crippen molar-refractivity contribution in [3.05, 3.63) is 29.8 Å². The first kappa shape index (κ1) is 22.3. The molecule has 2 rings (SSSR count). The zero-order valence-electron chi connectivity index (χ0n) is 16.8. The van der Waals surface area contributed by atoms with Crippen LogP contribution in [0.1, 0.15) is 40.2 Å². The summed E-state index contributed by atoms with van der Waals surface area (Å²) in [6.07, 6.45) is 0. The van der Waals surface area contributed by atoms with E-state index in [1.165, 1.54) is 0 Å². The molecule has 0 spiro atoms. The Balaban J connectivity index is 2.01. The number of aromatic nitrogens is 2. The fraction of sp³-hybridized carbons (Fsp3) is 0.500. The molecule has 1 aromatic heterocycles. The number of hydrogen-bond acceptors (Lipinski definition) is 7. The summed E-state index contributed by atoms with van der Waals surface area (Å²) in [6, 6.07) is 7.74. The molecule has 0 radical (unpaired) electrons. The van der Waals surface area contributed by atoms with Gasteiger partial charge in [-0.15, -0.1) is 10.2 Å². The third-order valence-corrected chi connectivity index (χ3v) is 6.68. The first-order chi connectivity index (χ1) is 13.1. The van der Waals surface area contributed by atoms with E-state index in [-0.39, 0.29) is 21.9 Å². The van der Waals surface area contributed by atoms with Gasteiger partial charge in [0.15, 0.2) is 0 Å². The monoisotopic (exact) mass is 425 g/mol. The average Bonchev–Trinajstić information content (AvgIpc) is 3.11. The molecular weight excluding hydrogens is 398 g/mol. The molecule has 2 aromatic rings. The summed E-state index contributed by atoms with van der Waals surface area (Å²) in [5.41, 5.74) is 1.32. The van der Waals surface area contributed by atoms with Crippen LogP contribution in [-0.2, 0) is 21.4 Å². The van der Waals surface area contributed by atoms with Crippen LogP contribution in [0.25, 0.3) is 0 Å². The highest BCUT2D eigenvalue weighted by Gasteiger charge is 2.25. The molecule has 0 saturated heterocycles. The number of amides is 1. The van der Waals surface area contributed by atoms with Crippen molar-refractivity contribution in [2.75, 3.05) is 23.3 Å². The lowest BCUT2D eigenvalue weighted by atomic mass is 9.96. The number of hydrogen-bond donors (Lipinski definition) is 2. The van der Waals surface area contributed by atoms with Gasteiger partial charge >= 0.3 is 0 Å². The van der Waals surface area contributed by atoms with Gasteiger partial charge in [-0.1, -0.05) is 44.2 Å². The van der Waals surface area contributed by atoms with Crippen molar-refractivity contribution >= 4 is 38.1 Å². The molecule has 1 heterocycles. The molecule has 0 unspecified atom stereocenters. The first-order valence-electron chi connectivity index (χ1n) is 9.05. The van der Waals surface area contributed by atoms with E-state index >= 15 is 0 Å². The number of sulfonamides is 1. The molecule has 0 aliphatic rings. The fourth-order valence-corrected chi connectivity index (χ4v) is 4.26. The Labute approximate surface area is 170 Å². The molecule has 0 fully saturated rings. The smallest absolute Gasteiger partial charge is 0.270 e. The fourth-order valence-electron chi connectivity index (χ4n) is 2.31. The summed E-state index contributed by atoms with van der Waals surface area (Å²) in [4.78, 5) is 14.2. The second-order valence-corrected chi connectivity index (χ2v) is 10.2. The predicted molar refractivity (Wildman–Crippen MR) is 112 cm³/mol. The van der Waals surface area contributed by atoms with E-state index in [1.807, 2.05) is 24.3 Å². The minimum atomic E-state index is -3.81. The third kappa shape index (κ3) is 5.73. The summed E-state index contributed by atoms with van der Waals surface area (Å²) in [5, 5.41) is 10.2. The maximum absolute atomic E-state index is 12.4. The van der Waals surface area contributed by atoms with Gasteiger partial charge in [0.05, 0.1) is 0 Å². The molecule has 8 nitrogen and oxygen atoms in total. The lowest BCUT2D eigenvalue weighted by molar-refractivity contribution is -0.123. The molecule has 2 N–H and O–H groups in total. The minimum Gasteiger partial charge on any atom is -0.372 e. The summed E-state index contributed by atoms with van der Waals surface area (Å²) >= 11 is 0.820. The molecule has 0 aliphatic heterocycles. The second kappa shape index (κ2) is 8.97. The van der Waals surface area contributed by atoms with Crippen LogP contribution in [0.2, 0.25) is 0 Å². The third-order valence-electron chi connectivity index (χ3n) is 4.07. The van der Waals surface area contributed by atoms with Gasteiger partial charge in [0.25, 0.3) is 10.0 Å². The van der Waals surface area contributed by atoms with Crippen LogP contribution >= 0.6 is 11.3 Å². The molecule has 28 heavy (non-hydrogen) atoms. The summed E-state index contributed by atoms with van der Waals surface area (Å²) in [7, 11) is -3.81. The van der Waals surface area contributed by atoms with Gasteiger partial charge in [0.2, 0.25) is 15.4 Å². The molecule has 0 saturated carbocycles. The molecule has 1 amide bonds. The molecule has 0 aliphatic carbocycles. The Morgan fingerprint density at radius 2 is 1.71 bits per heavy atom. The van der Waals surface area contributed by atoms with Crippen LogP contribution in [0, 0.1) is 5.41 Å². The van der Waals surface area contributed by atoms with Crippen LogP contribution in [0.5, 0.6) is 0 Å². The largest absolute Gasteiger partial charge is 0.372 e. The number of benzene rings is 1. The number of anilines is 2. The maximum Gasteiger partial charge on any atom is 0.270 e. The number of carbonyl (C=O) groups excluding carboxylic acids is 1. The summed E-state index contributed by atoms with van der Waals surface area (Å²) in [5.74, 6) is -0.256. The Kier molecular flexibility index (Phi) is 7.13. The van der Waals surface area contributed by atoms with Gasteiger partial charge in [-0.25, -0.2) is 13.1 Å². The zero-order chi connectivity index (χ0) is 20.9. The number of nitrogens with one attached hydrogen (secondary N) is 2. The molecule has 0 atom stereocenters. The van der Waals surface area contributed by atoms with Gasteiger partial charge in [-0.2, -0.15) is 0 Å². The molecule has 0 bridgehead atoms. The van der Waals surface area contributed by atoms with E-state index in [0.717, 1.165) is 35.7 Å². The van der Waals surface area contributed by atoms with Gasteiger partial charge in [-0.05, 0) is 31.5 Å².